The molecule has 0 saturated heterocycles. The minimum atomic E-state index is -0.668. The summed E-state index contributed by atoms with van der Waals surface area (Å²) in [4.78, 5) is 0. The van der Waals surface area contributed by atoms with E-state index in [1.165, 1.54) is 11.1 Å². The fraction of sp³-hybridized carbons (Fsp3) is 0.500. The van der Waals surface area contributed by atoms with Gasteiger partial charge in [0.1, 0.15) is 0 Å². The molecule has 2 nitrogen and oxygen atoms in total. The number of hydrogen-bond donors (Lipinski definition) is 2. The van der Waals surface area contributed by atoms with Crippen LogP contribution in [-0.2, 0) is 12.8 Å². The van der Waals surface area contributed by atoms with Gasteiger partial charge in [0.25, 0.3) is 0 Å². The van der Waals surface area contributed by atoms with Crippen LogP contribution in [0, 0.1) is 10.8 Å². The zero-order valence-corrected chi connectivity index (χ0v) is 15.9. The molecule has 0 radical (unpaired) electrons. The van der Waals surface area contributed by atoms with Gasteiger partial charge in [0.2, 0.25) is 0 Å². The first-order chi connectivity index (χ1) is 12.2. The van der Waals surface area contributed by atoms with Crippen LogP contribution >= 0.6 is 0 Å². The van der Waals surface area contributed by atoms with Crippen LogP contribution in [0.2, 0.25) is 0 Å². The van der Waals surface area contributed by atoms with E-state index in [4.69, 9.17) is 0 Å². The Morgan fingerprint density at radius 3 is 1.23 bits per heavy atom. The summed E-state index contributed by atoms with van der Waals surface area (Å²) in [6.45, 7) is 4.55. The Morgan fingerprint density at radius 1 is 0.615 bits per heavy atom. The average Bonchev–Trinajstić information content (AvgIpc) is 2.84. The van der Waals surface area contributed by atoms with Crippen molar-refractivity contribution in [3.63, 3.8) is 0 Å². The quantitative estimate of drug-likeness (QED) is 0.850. The molecule has 2 fully saturated rings. The maximum absolute atomic E-state index is 11.4. The third-order valence-corrected chi connectivity index (χ3v) is 7.09. The molecule has 0 aliphatic heterocycles. The molecule has 2 aromatic carbocycles. The van der Waals surface area contributed by atoms with Crippen molar-refractivity contribution in [1.82, 2.24) is 0 Å². The van der Waals surface area contributed by atoms with Gasteiger partial charge in [-0.05, 0) is 47.6 Å². The first-order valence-corrected chi connectivity index (χ1v) is 9.76. The van der Waals surface area contributed by atoms with Gasteiger partial charge < -0.3 is 10.2 Å². The van der Waals surface area contributed by atoms with E-state index in [0.717, 1.165) is 25.7 Å². The predicted octanol–water partition coefficient (Wildman–Crippen LogP) is 4.53. The van der Waals surface area contributed by atoms with E-state index in [-0.39, 0.29) is 10.8 Å². The Bertz CT molecular complexity index is 686. The van der Waals surface area contributed by atoms with Crippen LogP contribution in [-0.4, -0.2) is 21.4 Å². The van der Waals surface area contributed by atoms with Crippen molar-refractivity contribution in [2.45, 2.75) is 63.6 Å². The molecule has 2 saturated carbocycles. The Kier molecular flexibility index (Phi) is 4.05. The molecule has 2 N–H and O–H groups in total. The highest BCUT2D eigenvalue weighted by Gasteiger charge is 2.65. The van der Waals surface area contributed by atoms with Gasteiger partial charge in [0.05, 0.1) is 11.2 Å². The van der Waals surface area contributed by atoms with E-state index in [0.29, 0.717) is 12.8 Å². The molecule has 0 bridgehead atoms. The van der Waals surface area contributed by atoms with Gasteiger partial charge >= 0.3 is 0 Å². The van der Waals surface area contributed by atoms with Crippen molar-refractivity contribution in [3.05, 3.63) is 71.8 Å². The van der Waals surface area contributed by atoms with E-state index in [1.54, 1.807) is 0 Å². The summed E-state index contributed by atoms with van der Waals surface area (Å²) in [5, 5.41) is 22.7. The summed E-state index contributed by atoms with van der Waals surface area (Å²) in [6, 6.07) is 20.6. The lowest BCUT2D eigenvalue weighted by atomic mass is 9.71. The van der Waals surface area contributed by atoms with Gasteiger partial charge in [0, 0.05) is 12.8 Å². The first kappa shape index (κ1) is 17.8. The monoisotopic (exact) mass is 350 g/mol. The molecule has 2 aliphatic carbocycles. The zero-order chi connectivity index (χ0) is 18.5. The molecular weight excluding hydrogens is 320 g/mol. The summed E-state index contributed by atoms with van der Waals surface area (Å²) in [6.07, 6.45) is 4.47. The number of aliphatic hydroxyl groups is 2. The molecule has 0 heterocycles. The molecule has 0 amide bonds. The second-order valence-electron chi connectivity index (χ2n) is 9.60. The highest BCUT2D eigenvalue weighted by Crippen LogP contribution is 2.68. The molecule has 4 rings (SSSR count). The van der Waals surface area contributed by atoms with Crippen LogP contribution in [0.4, 0.5) is 0 Å². The molecule has 0 unspecified atom stereocenters. The second kappa shape index (κ2) is 5.94. The molecule has 0 spiro atoms. The largest absolute Gasteiger partial charge is 0.390 e. The van der Waals surface area contributed by atoms with Gasteiger partial charge in [-0.3, -0.25) is 0 Å². The lowest BCUT2D eigenvalue weighted by Gasteiger charge is -2.33. The maximum atomic E-state index is 11.4. The normalized spacial score (nSPS) is 39.1. The van der Waals surface area contributed by atoms with Crippen LogP contribution < -0.4 is 0 Å². The average molecular weight is 351 g/mol. The van der Waals surface area contributed by atoms with E-state index < -0.39 is 11.2 Å². The fourth-order valence-corrected chi connectivity index (χ4v) is 6.21. The summed E-state index contributed by atoms with van der Waals surface area (Å²) in [5.41, 5.74) is 1.00. The lowest BCUT2D eigenvalue weighted by molar-refractivity contribution is -0.00663. The van der Waals surface area contributed by atoms with Gasteiger partial charge in [-0.15, -0.1) is 0 Å². The van der Waals surface area contributed by atoms with Crippen molar-refractivity contribution in [3.8, 4) is 0 Å². The van der Waals surface area contributed by atoms with Crippen molar-refractivity contribution in [2.75, 3.05) is 0 Å². The smallest absolute Gasteiger partial charge is 0.0698 e. The van der Waals surface area contributed by atoms with Crippen molar-refractivity contribution >= 4 is 0 Å². The minimum absolute atomic E-state index is 0.0277. The topological polar surface area (TPSA) is 40.5 Å². The number of rotatable bonds is 4. The molecule has 2 heteroatoms. The summed E-state index contributed by atoms with van der Waals surface area (Å²) >= 11 is 0. The predicted molar refractivity (Wildman–Crippen MR) is 105 cm³/mol. The standard InChI is InChI=1S/C24H30O2/c1-21-15-23(25,13-19-9-5-3-6-10-19)17-22(21,2)18-24(26,16-21)14-20-11-7-4-8-12-20/h3-12,25-26H,13-18H2,1-2H3. The zero-order valence-electron chi connectivity index (χ0n) is 15.9. The maximum Gasteiger partial charge on any atom is 0.0698 e. The van der Waals surface area contributed by atoms with Crippen molar-refractivity contribution in [1.29, 1.82) is 0 Å². The van der Waals surface area contributed by atoms with Crippen molar-refractivity contribution in [2.24, 2.45) is 10.8 Å². The Morgan fingerprint density at radius 2 is 0.923 bits per heavy atom. The first-order valence-electron chi connectivity index (χ1n) is 9.76. The highest BCUT2D eigenvalue weighted by molar-refractivity contribution is 5.25. The van der Waals surface area contributed by atoms with Crippen molar-refractivity contribution < 1.29 is 10.2 Å². The molecule has 0 aromatic heterocycles. The van der Waals surface area contributed by atoms with Gasteiger partial charge in [0.15, 0.2) is 0 Å². The van der Waals surface area contributed by atoms with Gasteiger partial charge in [-0.2, -0.15) is 0 Å². The van der Waals surface area contributed by atoms with Crippen LogP contribution in [0.1, 0.15) is 50.7 Å². The van der Waals surface area contributed by atoms with E-state index in [1.807, 2.05) is 36.4 Å². The van der Waals surface area contributed by atoms with Crippen LogP contribution in [0.15, 0.2) is 60.7 Å². The molecule has 0 atom stereocenters. The van der Waals surface area contributed by atoms with Crippen LogP contribution in [0.25, 0.3) is 0 Å². The van der Waals surface area contributed by atoms with E-state index in [9.17, 15) is 10.2 Å². The molecular formula is C24H30O2. The second-order valence-corrected chi connectivity index (χ2v) is 9.60. The lowest BCUT2D eigenvalue weighted by Crippen LogP contribution is -2.35. The molecule has 2 aromatic rings. The Labute approximate surface area is 156 Å². The molecule has 138 valence electrons. The summed E-state index contributed by atoms with van der Waals surface area (Å²) in [7, 11) is 0. The highest BCUT2D eigenvalue weighted by atomic mass is 16.3. The number of hydrogen-bond acceptors (Lipinski definition) is 2. The summed E-state index contributed by atoms with van der Waals surface area (Å²) in [5.74, 6) is 0. The minimum Gasteiger partial charge on any atom is -0.390 e. The third kappa shape index (κ3) is 3.10. The van der Waals surface area contributed by atoms with Crippen LogP contribution in [0.5, 0.6) is 0 Å². The molecule has 2 aliphatic rings. The molecule has 26 heavy (non-hydrogen) atoms. The van der Waals surface area contributed by atoms with Gasteiger partial charge in [-0.1, -0.05) is 74.5 Å². The fourth-order valence-electron chi connectivity index (χ4n) is 6.21. The number of fused-ring (bicyclic) bond motifs is 1. The SMILES string of the molecule is CC12CC(O)(Cc3ccccc3)CC1(C)CC(O)(Cc1ccccc1)C2. The Balaban J connectivity index is 1.53. The third-order valence-electron chi connectivity index (χ3n) is 7.09. The summed E-state index contributed by atoms with van der Waals surface area (Å²) < 4.78 is 0. The van der Waals surface area contributed by atoms with E-state index in [2.05, 4.69) is 38.1 Å². The Hall–Kier alpha value is -1.64. The van der Waals surface area contributed by atoms with E-state index >= 15 is 0 Å². The number of benzene rings is 2. The van der Waals surface area contributed by atoms with Crippen LogP contribution in [0.3, 0.4) is 0 Å². The van der Waals surface area contributed by atoms with Gasteiger partial charge in [-0.25, -0.2) is 0 Å².